The fourth-order valence-electron chi connectivity index (χ4n) is 2.51. The predicted octanol–water partition coefficient (Wildman–Crippen LogP) is 1.61. The van der Waals surface area contributed by atoms with E-state index in [1.807, 2.05) is 13.0 Å². The van der Waals surface area contributed by atoms with Gasteiger partial charge in [-0.05, 0) is 55.4 Å². The molecule has 2 rings (SSSR count). The van der Waals surface area contributed by atoms with Gasteiger partial charge in [0.15, 0.2) is 0 Å². The molecule has 0 aromatic heterocycles. The van der Waals surface area contributed by atoms with Crippen LogP contribution in [0.2, 0.25) is 0 Å². The summed E-state index contributed by atoms with van der Waals surface area (Å²) in [5, 5.41) is 8.93. The number of aliphatic hydroxyl groups excluding tert-OH is 1. The van der Waals surface area contributed by atoms with E-state index in [4.69, 9.17) is 5.11 Å². The summed E-state index contributed by atoms with van der Waals surface area (Å²) in [6.07, 6.45) is 4.23. The zero-order valence-corrected chi connectivity index (χ0v) is 12.0. The van der Waals surface area contributed by atoms with Crippen LogP contribution in [-0.2, 0) is 22.9 Å². The van der Waals surface area contributed by atoms with E-state index in [1.54, 1.807) is 12.1 Å². The number of aliphatic hydroxyl groups is 1. The second-order valence-electron chi connectivity index (χ2n) is 5.02. The van der Waals surface area contributed by atoms with Crippen molar-refractivity contribution in [1.82, 2.24) is 4.72 Å². The van der Waals surface area contributed by atoms with E-state index in [1.165, 1.54) is 5.56 Å². The molecule has 0 aliphatic heterocycles. The fourth-order valence-corrected chi connectivity index (χ4v) is 3.91. The Morgan fingerprint density at radius 1 is 1.32 bits per heavy atom. The number of nitrogens with one attached hydrogen (secondary N) is 1. The average Bonchev–Trinajstić information content (AvgIpc) is 2.85. The number of hydrogen-bond donors (Lipinski definition) is 2. The number of fused-ring (bicyclic) bond motifs is 1. The van der Waals surface area contributed by atoms with Crippen molar-refractivity contribution in [2.45, 2.75) is 50.0 Å². The van der Waals surface area contributed by atoms with Gasteiger partial charge in [0.05, 0.1) is 4.90 Å². The van der Waals surface area contributed by atoms with Gasteiger partial charge in [-0.15, -0.1) is 0 Å². The number of hydrogen-bond acceptors (Lipinski definition) is 3. The molecule has 0 saturated carbocycles. The monoisotopic (exact) mass is 283 g/mol. The molecule has 1 unspecified atom stereocenters. The van der Waals surface area contributed by atoms with Crippen LogP contribution in [0.3, 0.4) is 0 Å². The van der Waals surface area contributed by atoms with E-state index in [-0.39, 0.29) is 12.6 Å². The Morgan fingerprint density at radius 3 is 2.74 bits per heavy atom. The van der Waals surface area contributed by atoms with E-state index in [2.05, 4.69) is 4.72 Å². The van der Waals surface area contributed by atoms with Gasteiger partial charge in [-0.2, -0.15) is 0 Å². The Labute approximate surface area is 114 Å². The standard InChI is InChI=1S/C14H21NO3S/c1-2-13(8-9-16)15-19(17,18)14-7-6-11-4-3-5-12(11)10-14/h6-7,10,13,15-16H,2-5,8-9H2,1H3. The first-order chi connectivity index (χ1) is 9.06. The quantitative estimate of drug-likeness (QED) is 0.833. The maximum Gasteiger partial charge on any atom is 0.240 e. The molecule has 2 N–H and O–H groups in total. The molecule has 0 amide bonds. The van der Waals surface area contributed by atoms with Crippen LogP contribution in [0.4, 0.5) is 0 Å². The van der Waals surface area contributed by atoms with Crippen molar-refractivity contribution in [2.75, 3.05) is 6.61 Å². The lowest BCUT2D eigenvalue weighted by atomic mass is 10.1. The molecule has 0 saturated heterocycles. The number of aryl methyl sites for hydroxylation is 2. The van der Waals surface area contributed by atoms with Crippen LogP contribution in [0, 0.1) is 0 Å². The zero-order chi connectivity index (χ0) is 13.9. The summed E-state index contributed by atoms with van der Waals surface area (Å²) in [4.78, 5) is 0.338. The molecule has 1 aliphatic rings. The van der Waals surface area contributed by atoms with Gasteiger partial charge in [0, 0.05) is 12.6 Å². The van der Waals surface area contributed by atoms with Gasteiger partial charge in [-0.25, -0.2) is 13.1 Å². The summed E-state index contributed by atoms with van der Waals surface area (Å²) in [5.74, 6) is 0. The van der Waals surface area contributed by atoms with Gasteiger partial charge in [0.25, 0.3) is 0 Å². The van der Waals surface area contributed by atoms with Gasteiger partial charge in [-0.1, -0.05) is 13.0 Å². The molecule has 1 aromatic carbocycles. The largest absolute Gasteiger partial charge is 0.396 e. The summed E-state index contributed by atoms with van der Waals surface area (Å²) in [6.45, 7) is 1.90. The summed E-state index contributed by atoms with van der Waals surface area (Å²) in [5.41, 5.74) is 2.42. The Kier molecular flexibility index (Phi) is 4.60. The molecule has 0 spiro atoms. The van der Waals surface area contributed by atoms with E-state index in [0.717, 1.165) is 24.8 Å². The van der Waals surface area contributed by atoms with Crippen LogP contribution in [0.1, 0.15) is 37.3 Å². The van der Waals surface area contributed by atoms with Crippen LogP contribution in [-0.4, -0.2) is 26.2 Å². The Hall–Kier alpha value is -0.910. The van der Waals surface area contributed by atoms with Gasteiger partial charge < -0.3 is 5.11 Å². The van der Waals surface area contributed by atoms with E-state index in [9.17, 15) is 8.42 Å². The van der Waals surface area contributed by atoms with Crippen molar-refractivity contribution in [3.05, 3.63) is 29.3 Å². The minimum atomic E-state index is -3.48. The molecule has 19 heavy (non-hydrogen) atoms. The summed E-state index contributed by atoms with van der Waals surface area (Å²) >= 11 is 0. The molecule has 1 aromatic rings. The highest BCUT2D eigenvalue weighted by molar-refractivity contribution is 7.89. The molecule has 0 radical (unpaired) electrons. The first-order valence-electron chi connectivity index (χ1n) is 6.82. The van der Waals surface area contributed by atoms with E-state index in [0.29, 0.717) is 17.7 Å². The van der Waals surface area contributed by atoms with Crippen LogP contribution in [0.25, 0.3) is 0 Å². The summed E-state index contributed by atoms with van der Waals surface area (Å²) in [7, 11) is -3.48. The third kappa shape index (κ3) is 3.35. The van der Waals surface area contributed by atoms with Crippen molar-refractivity contribution >= 4 is 10.0 Å². The lowest BCUT2D eigenvalue weighted by Crippen LogP contribution is -2.35. The minimum Gasteiger partial charge on any atom is -0.396 e. The number of sulfonamides is 1. The zero-order valence-electron chi connectivity index (χ0n) is 11.2. The first-order valence-corrected chi connectivity index (χ1v) is 8.30. The molecule has 1 atom stereocenters. The first kappa shape index (κ1) is 14.5. The SMILES string of the molecule is CCC(CCO)NS(=O)(=O)c1ccc2c(c1)CCC2. The van der Waals surface area contributed by atoms with Crippen LogP contribution >= 0.6 is 0 Å². The van der Waals surface area contributed by atoms with Crippen molar-refractivity contribution in [3.8, 4) is 0 Å². The molecule has 1 aliphatic carbocycles. The van der Waals surface area contributed by atoms with Crippen LogP contribution < -0.4 is 4.72 Å². The smallest absolute Gasteiger partial charge is 0.240 e. The molecule has 4 nitrogen and oxygen atoms in total. The Morgan fingerprint density at radius 2 is 2.05 bits per heavy atom. The molecule has 106 valence electrons. The summed E-state index contributed by atoms with van der Waals surface area (Å²) in [6, 6.07) is 5.18. The molecule has 0 bridgehead atoms. The van der Waals surface area contributed by atoms with Crippen molar-refractivity contribution in [3.63, 3.8) is 0 Å². The summed E-state index contributed by atoms with van der Waals surface area (Å²) < 4.78 is 27.2. The van der Waals surface area contributed by atoms with Crippen LogP contribution in [0.15, 0.2) is 23.1 Å². The fraction of sp³-hybridized carbons (Fsp3) is 0.571. The van der Waals surface area contributed by atoms with Crippen molar-refractivity contribution < 1.29 is 13.5 Å². The predicted molar refractivity (Wildman–Crippen MR) is 74.6 cm³/mol. The maximum absolute atomic E-state index is 12.3. The molecular weight excluding hydrogens is 262 g/mol. The third-order valence-electron chi connectivity index (χ3n) is 3.67. The van der Waals surface area contributed by atoms with E-state index >= 15 is 0 Å². The highest BCUT2D eigenvalue weighted by Crippen LogP contribution is 2.24. The van der Waals surface area contributed by atoms with Crippen molar-refractivity contribution in [2.24, 2.45) is 0 Å². The molecule has 0 heterocycles. The molecular formula is C14H21NO3S. The number of benzene rings is 1. The Bertz CT molecular complexity index is 540. The second-order valence-corrected chi connectivity index (χ2v) is 6.74. The molecule has 5 heteroatoms. The number of rotatable bonds is 6. The Balaban J connectivity index is 2.19. The van der Waals surface area contributed by atoms with Gasteiger partial charge in [0.1, 0.15) is 0 Å². The minimum absolute atomic E-state index is 0.00872. The second kappa shape index (κ2) is 6.03. The topological polar surface area (TPSA) is 66.4 Å². The van der Waals surface area contributed by atoms with Crippen LogP contribution in [0.5, 0.6) is 0 Å². The van der Waals surface area contributed by atoms with Gasteiger partial charge in [-0.3, -0.25) is 0 Å². The average molecular weight is 283 g/mol. The highest BCUT2D eigenvalue weighted by Gasteiger charge is 2.21. The molecule has 0 fully saturated rings. The van der Waals surface area contributed by atoms with Gasteiger partial charge >= 0.3 is 0 Å². The lowest BCUT2D eigenvalue weighted by Gasteiger charge is -2.16. The van der Waals surface area contributed by atoms with Gasteiger partial charge in [0.2, 0.25) is 10.0 Å². The normalized spacial score (nSPS) is 16.3. The maximum atomic E-state index is 12.3. The lowest BCUT2D eigenvalue weighted by molar-refractivity contribution is 0.270. The third-order valence-corrected chi connectivity index (χ3v) is 5.19. The highest BCUT2D eigenvalue weighted by atomic mass is 32.2. The van der Waals surface area contributed by atoms with E-state index < -0.39 is 10.0 Å². The van der Waals surface area contributed by atoms with Crippen molar-refractivity contribution in [1.29, 1.82) is 0 Å².